The molecule has 0 aliphatic carbocycles. The molecule has 2 aliphatic rings. The van der Waals surface area contributed by atoms with E-state index in [-0.39, 0.29) is 19.4 Å². The molecule has 0 spiro atoms. The lowest BCUT2D eigenvalue weighted by molar-refractivity contribution is -0.332. The predicted molar refractivity (Wildman–Crippen MR) is 247 cm³/mol. The first-order valence-corrected chi connectivity index (χ1v) is 24.7. The number of esters is 2. The number of hydrogen-bond donors (Lipinski definition) is 7. The van der Waals surface area contributed by atoms with E-state index in [9.17, 15) is 45.3 Å². The summed E-state index contributed by atoms with van der Waals surface area (Å²) in [5, 5.41) is 72.0. The van der Waals surface area contributed by atoms with Gasteiger partial charge in [-0.1, -0.05) is 127 Å². The standard InChI is InChI=1S/C50H86O15/c1-3-5-7-9-11-13-15-17-19-21-23-25-27-29-31-33-42(53)63-38(35-60-41(52)32-30-28-26-24-22-20-18-16-14-12-10-8-6-4-2)36-61-49-48(59)46(57)44(55)40(65-49)37-62-50-47(58)45(56)43(54)39(34-51)64-50/h10-13,16-19,38-40,43-51,54-59H,3-9,14-15,20-37H2,1-2H3/b12-10+,13-11+,18-16+,19-17+/t38-,39-,40-,43+,44+,45?,46?,47?,48?,49-,50-/m1/s1. The van der Waals surface area contributed by atoms with Crippen LogP contribution in [0.4, 0.5) is 0 Å². The molecule has 15 nitrogen and oxygen atoms in total. The molecule has 376 valence electrons. The Bertz CT molecular complexity index is 1320. The second-order valence-corrected chi connectivity index (χ2v) is 17.3. The predicted octanol–water partition coefficient (Wildman–Crippen LogP) is 6.32. The SMILES string of the molecule is CCCC/C=C/C/C=C/CCCCCCCC(=O)OC[C@H](CO[C@@H]1O[C@H](CO[C@@H]2O[C@H](CO)[C@H](O)C(O)C2O)[C@H](O)C(O)C1O)OC(=O)CCCCCCC/C=C/C/C=C/CCCCC. The summed E-state index contributed by atoms with van der Waals surface area (Å²) in [6.45, 7) is 2.48. The van der Waals surface area contributed by atoms with Crippen molar-refractivity contribution < 1.29 is 73.8 Å². The normalized spacial score (nSPS) is 26.8. The molecule has 2 saturated heterocycles. The van der Waals surface area contributed by atoms with Crippen LogP contribution in [-0.2, 0) is 38.0 Å². The minimum atomic E-state index is -1.77. The van der Waals surface area contributed by atoms with Crippen molar-refractivity contribution in [2.45, 2.75) is 229 Å². The number of hydrogen-bond acceptors (Lipinski definition) is 15. The van der Waals surface area contributed by atoms with Crippen molar-refractivity contribution in [2.24, 2.45) is 0 Å². The fourth-order valence-corrected chi connectivity index (χ4v) is 7.38. The maximum absolute atomic E-state index is 13.0. The molecular formula is C50H86O15. The minimum absolute atomic E-state index is 0.144. The molecular weight excluding hydrogens is 841 g/mol. The molecule has 15 heteroatoms. The topological polar surface area (TPSA) is 231 Å². The third-order valence-corrected chi connectivity index (χ3v) is 11.5. The van der Waals surface area contributed by atoms with E-state index >= 15 is 0 Å². The molecule has 4 unspecified atom stereocenters. The van der Waals surface area contributed by atoms with Crippen LogP contribution in [0.25, 0.3) is 0 Å². The molecule has 0 aromatic heterocycles. The largest absolute Gasteiger partial charge is 0.462 e. The van der Waals surface area contributed by atoms with Crippen molar-refractivity contribution in [1.29, 1.82) is 0 Å². The highest BCUT2D eigenvalue weighted by Crippen LogP contribution is 2.26. The van der Waals surface area contributed by atoms with Crippen molar-refractivity contribution in [1.82, 2.24) is 0 Å². The highest BCUT2D eigenvalue weighted by molar-refractivity contribution is 5.70. The monoisotopic (exact) mass is 927 g/mol. The molecule has 2 aliphatic heterocycles. The summed E-state index contributed by atoms with van der Waals surface area (Å²) in [6, 6.07) is 0. The van der Waals surface area contributed by atoms with E-state index in [0.717, 1.165) is 89.9 Å². The summed E-state index contributed by atoms with van der Waals surface area (Å²) in [5.41, 5.74) is 0. The summed E-state index contributed by atoms with van der Waals surface area (Å²) in [4.78, 5) is 25.7. The lowest BCUT2D eigenvalue weighted by Gasteiger charge is -2.42. The quantitative estimate of drug-likeness (QED) is 0.0205. The number of rotatable bonds is 37. The highest BCUT2D eigenvalue weighted by atomic mass is 16.7. The molecule has 2 fully saturated rings. The smallest absolute Gasteiger partial charge is 0.306 e. The van der Waals surface area contributed by atoms with Gasteiger partial charge in [-0.3, -0.25) is 9.59 Å². The zero-order valence-corrected chi connectivity index (χ0v) is 39.5. The van der Waals surface area contributed by atoms with Gasteiger partial charge in [-0.2, -0.15) is 0 Å². The maximum atomic E-state index is 13.0. The van der Waals surface area contributed by atoms with Crippen LogP contribution < -0.4 is 0 Å². The Morgan fingerprint density at radius 3 is 1.48 bits per heavy atom. The van der Waals surface area contributed by atoms with E-state index in [1.54, 1.807) is 0 Å². The molecule has 65 heavy (non-hydrogen) atoms. The lowest BCUT2D eigenvalue weighted by Crippen LogP contribution is -2.61. The van der Waals surface area contributed by atoms with Gasteiger partial charge in [0.25, 0.3) is 0 Å². The summed E-state index contributed by atoms with van der Waals surface area (Å²) < 4.78 is 33.5. The number of allylic oxidation sites excluding steroid dienone is 8. The number of unbranched alkanes of at least 4 members (excludes halogenated alkanes) is 15. The molecule has 11 atom stereocenters. The molecule has 0 amide bonds. The Hall–Kier alpha value is -2.54. The molecule has 0 bridgehead atoms. The van der Waals surface area contributed by atoms with Crippen LogP contribution in [0, 0.1) is 0 Å². The average Bonchev–Trinajstić information content (AvgIpc) is 3.30. The Labute approximate surface area is 388 Å². The minimum Gasteiger partial charge on any atom is -0.462 e. The van der Waals surface area contributed by atoms with Gasteiger partial charge < -0.3 is 64.2 Å². The fraction of sp³-hybridized carbons (Fsp3) is 0.800. The first-order valence-electron chi connectivity index (χ1n) is 24.7. The van der Waals surface area contributed by atoms with Crippen molar-refractivity contribution in [2.75, 3.05) is 26.4 Å². The number of aliphatic hydroxyl groups excluding tert-OH is 7. The fourth-order valence-electron chi connectivity index (χ4n) is 7.38. The van der Waals surface area contributed by atoms with E-state index < -0.39 is 99.3 Å². The Morgan fingerprint density at radius 2 is 0.938 bits per heavy atom. The second-order valence-electron chi connectivity index (χ2n) is 17.3. The third kappa shape index (κ3) is 26.0. The molecule has 7 N–H and O–H groups in total. The van der Waals surface area contributed by atoms with Crippen LogP contribution in [0.15, 0.2) is 48.6 Å². The Morgan fingerprint density at radius 1 is 0.492 bits per heavy atom. The second kappa shape index (κ2) is 37.4. The summed E-state index contributed by atoms with van der Waals surface area (Å²) >= 11 is 0. The van der Waals surface area contributed by atoms with Gasteiger partial charge in [-0.15, -0.1) is 0 Å². The van der Waals surface area contributed by atoms with E-state index in [2.05, 4.69) is 62.5 Å². The van der Waals surface area contributed by atoms with Crippen LogP contribution in [0.1, 0.15) is 162 Å². The van der Waals surface area contributed by atoms with Gasteiger partial charge in [0.1, 0.15) is 55.4 Å². The third-order valence-electron chi connectivity index (χ3n) is 11.5. The van der Waals surface area contributed by atoms with Gasteiger partial charge in [-0.25, -0.2) is 0 Å². The lowest BCUT2D eigenvalue weighted by atomic mass is 9.98. The zero-order valence-electron chi connectivity index (χ0n) is 39.5. The molecule has 0 radical (unpaired) electrons. The van der Waals surface area contributed by atoms with Gasteiger partial charge >= 0.3 is 11.9 Å². The van der Waals surface area contributed by atoms with Gasteiger partial charge in [0, 0.05) is 12.8 Å². The molecule has 2 heterocycles. The summed E-state index contributed by atoms with van der Waals surface area (Å²) in [7, 11) is 0. The first kappa shape index (κ1) is 58.6. The van der Waals surface area contributed by atoms with Crippen LogP contribution >= 0.6 is 0 Å². The molecule has 0 saturated carbocycles. The van der Waals surface area contributed by atoms with E-state index in [0.29, 0.717) is 12.8 Å². The van der Waals surface area contributed by atoms with Gasteiger partial charge in [0.2, 0.25) is 0 Å². The highest BCUT2D eigenvalue weighted by Gasteiger charge is 2.47. The van der Waals surface area contributed by atoms with Crippen LogP contribution in [0.3, 0.4) is 0 Å². The van der Waals surface area contributed by atoms with E-state index in [4.69, 9.17) is 28.4 Å². The zero-order chi connectivity index (χ0) is 47.5. The maximum Gasteiger partial charge on any atom is 0.306 e. The van der Waals surface area contributed by atoms with Crippen LogP contribution in [0.2, 0.25) is 0 Å². The van der Waals surface area contributed by atoms with Gasteiger partial charge in [0.15, 0.2) is 18.7 Å². The average molecular weight is 927 g/mol. The Kier molecular flexibility index (Phi) is 33.7. The van der Waals surface area contributed by atoms with Gasteiger partial charge in [0.05, 0.1) is 19.8 Å². The summed E-state index contributed by atoms with van der Waals surface area (Å²) in [6.07, 6.45) is 22.8. The van der Waals surface area contributed by atoms with Gasteiger partial charge in [-0.05, 0) is 70.6 Å². The van der Waals surface area contributed by atoms with Crippen molar-refractivity contribution in [3.8, 4) is 0 Å². The Balaban J connectivity index is 1.84. The van der Waals surface area contributed by atoms with E-state index in [1.165, 1.54) is 32.1 Å². The van der Waals surface area contributed by atoms with Crippen LogP contribution in [-0.4, -0.2) is 142 Å². The van der Waals surface area contributed by atoms with E-state index in [1.807, 2.05) is 0 Å². The number of carbonyl (C=O) groups is 2. The number of ether oxygens (including phenoxy) is 6. The van der Waals surface area contributed by atoms with Crippen molar-refractivity contribution >= 4 is 11.9 Å². The van der Waals surface area contributed by atoms with Crippen molar-refractivity contribution in [3.05, 3.63) is 48.6 Å². The number of carbonyl (C=O) groups excluding carboxylic acids is 2. The van der Waals surface area contributed by atoms with Crippen LogP contribution in [0.5, 0.6) is 0 Å². The summed E-state index contributed by atoms with van der Waals surface area (Å²) in [5.74, 6) is -0.961. The van der Waals surface area contributed by atoms with Crippen molar-refractivity contribution in [3.63, 3.8) is 0 Å². The number of aliphatic hydroxyl groups is 7. The molecule has 0 aromatic carbocycles. The molecule has 2 rings (SSSR count). The molecule has 0 aromatic rings. The first-order chi connectivity index (χ1) is 31.5.